The summed E-state index contributed by atoms with van der Waals surface area (Å²) in [5.41, 5.74) is 1.16. The molecule has 0 aliphatic heterocycles. The Morgan fingerprint density at radius 1 is 1.18 bits per heavy atom. The summed E-state index contributed by atoms with van der Waals surface area (Å²) in [4.78, 5) is 0. The lowest BCUT2D eigenvalue weighted by Crippen LogP contribution is -1.96. The molecule has 0 heterocycles. The van der Waals surface area contributed by atoms with E-state index in [1.165, 1.54) is 0 Å². The molecular weight excluding hydrogens is 130 g/mol. The van der Waals surface area contributed by atoms with E-state index in [9.17, 15) is 0 Å². The van der Waals surface area contributed by atoms with Gasteiger partial charge in [0.15, 0.2) is 0 Å². The molecule has 4 radical (unpaired) electrons. The summed E-state index contributed by atoms with van der Waals surface area (Å²) in [6.45, 7) is 0. The van der Waals surface area contributed by atoms with Gasteiger partial charge >= 0.3 is 0 Å². The molecule has 11 heavy (non-hydrogen) atoms. The fourth-order valence-corrected chi connectivity index (χ4v) is 1.05. The molecule has 52 valence electrons. The van der Waals surface area contributed by atoms with Crippen LogP contribution in [0.15, 0.2) is 30.3 Å². The monoisotopic (exact) mass is 140 g/mol. The summed E-state index contributed by atoms with van der Waals surface area (Å²) in [7, 11) is 11.2. The second kappa shape index (κ2) is 4.27. The van der Waals surface area contributed by atoms with Crippen LogP contribution in [-0.2, 0) is 0 Å². The van der Waals surface area contributed by atoms with Crippen molar-refractivity contribution in [2.45, 2.75) is 18.6 Å². The molecule has 0 saturated carbocycles. The molecular formula is C9H10B2. The van der Waals surface area contributed by atoms with Gasteiger partial charge in [-0.2, -0.15) is 0 Å². The third-order valence-corrected chi connectivity index (χ3v) is 1.71. The van der Waals surface area contributed by atoms with Crippen LogP contribution in [0.4, 0.5) is 0 Å². The van der Waals surface area contributed by atoms with Crippen LogP contribution in [0.25, 0.3) is 0 Å². The molecule has 0 saturated heterocycles. The Balaban J connectivity index is 2.61. The van der Waals surface area contributed by atoms with Gasteiger partial charge in [-0.15, -0.1) is 0 Å². The topological polar surface area (TPSA) is 0 Å². The van der Waals surface area contributed by atoms with Crippen molar-refractivity contribution in [3.63, 3.8) is 0 Å². The van der Waals surface area contributed by atoms with Crippen molar-refractivity contribution in [1.29, 1.82) is 0 Å². The van der Waals surface area contributed by atoms with Crippen LogP contribution in [0, 0.1) is 0 Å². The molecule has 0 aromatic heterocycles. The SMILES string of the molecule is [B]CCC([B])c1ccccc1. The predicted molar refractivity (Wildman–Crippen MR) is 50.1 cm³/mol. The molecule has 1 atom stereocenters. The van der Waals surface area contributed by atoms with Crippen molar-refractivity contribution < 1.29 is 0 Å². The van der Waals surface area contributed by atoms with Gasteiger partial charge in [-0.1, -0.05) is 54.5 Å². The predicted octanol–water partition coefficient (Wildman–Crippen LogP) is 1.87. The number of rotatable bonds is 3. The summed E-state index contributed by atoms with van der Waals surface area (Å²) in [5.74, 6) is 0.0983. The minimum absolute atomic E-state index is 0.0983. The quantitative estimate of drug-likeness (QED) is 0.562. The highest BCUT2D eigenvalue weighted by atomic mass is 14.0. The first-order valence-corrected chi connectivity index (χ1v) is 3.85. The highest BCUT2D eigenvalue weighted by Crippen LogP contribution is 2.15. The Bertz CT molecular complexity index is 196. The average molecular weight is 140 g/mol. The van der Waals surface area contributed by atoms with Crippen LogP contribution < -0.4 is 0 Å². The third kappa shape index (κ3) is 2.45. The van der Waals surface area contributed by atoms with Crippen LogP contribution in [0.2, 0.25) is 6.32 Å². The zero-order valence-corrected chi connectivity index (χ0v) is 6.53. The Labute approximate surface area is 70.8 Å². The molecule has 1 rings (SSSR count). The highest BCUT2D eigenvalue weighted by molar-refractivity contribution is 6.13. The van der Waals surface area contributed by atoms with Crippen molar-refractivity contribution in [2.24, 2.45) is 0 Å². The number of hydrogen-bond donors (Lipinski definition) is 0. The van der Waals surface area contributed by atoms with Crippen molar-refractivity contribution >= 4 is 15.7 Å². The van der Waals surface area contributed by atoms with E-state index in [2.05, 4.69) is 0 Å². The van der Waals surface area contributed by atoms with E-state index >= 15 is 0 Å². The first-order chi connectivity index (χ1) is 5.34. The lowest BCUT2D eigenvalue weighted by molar-refractivity contribution is 0.880. The Morgan fingerprint density at radius 3 is 2.36 bits per heavy atom. The summed E-state index contributed by atoms with van der Waals surface area (Å²) in [6, 6.07) is 10.0. The van der Waals surface area contributed by atoms with Crippen LogP contribution >= 0.6 is 0 Å². The molecule has 0 amide bonds. The van der Waals surface area contributed by atoms with Gasteiger partial charge in [0.1, 0.15) is 0 Å². The Kier molecular flexibility index (Phi) is 3.28. The van der Waals surface area contributed by atoms with Crippen LogP contribution in [-0.4, -0.2) is 15.7 Å². The van der Waals surface area contributed by atoms with E-state index in [0.717, 1.165) is 12.0 Å². The van der Waals surface area contributed by atoms with Crippen molar-refractivity contribution in [3.8, 4) is 0 Å². The fourth-order valence-electron chi connectivity index (χ4n) is 1.05. The summed E-state index contributed by atoms with van der Waals surface area (Å²) in [5, 5.41) is 0. The minimum Gasteiger partial charge on any atom is -0.0888 e. The zero-order valence-electron chi connectivity index (χ0n) is 6.53. The van der Waals surface area contributed by atoms with E-state index < -0.39 is 0 Å². The average Bonchev–Trinajstić information content (AvgIpc) is 2.07. The first kappa shape index (κ1) is 8.45. The van der Waals surface area contributed by atoms with Crippen LogP contribution in [0.1, 0.15) is 17.8 Å². The van der Waals surface area contributed by atoms with E-state index in [0.29, 0.717) is 6.32 Å². The summed E-state index contributed by atoms with van der Waals surface area (Å²) >= 11 is 0. The second-order valence-electron chi connectivity index (χ2n) is 2.59. The van der Waals surface area contributed by atoms with Gasteiger partial charge in [0, 0.05) is 0 Å². The molecule has 2 heteroatoms. The van der Waals surface area contributed by atoms with E-state index in [-0.39, 0.29) is 5.82 Å². The van der Waals surface area contributed by atoms with Gasteiger partial charge < -0.3 is 0 Å². The normalized spacial score (nSPS) is 12.7. The molecule has 1 aromatic carbocycles. The first-order valence-electron chi connectivity index (χ1n) is 3.85. The Morgan fingerprint density at radius 2 is 1.82 bits per heavy atom. The summed E-state index contributed by atoms with van der Waals surface area (Å²) in [6.07, 6.45) is 1.50. The smallest absolute Gasteiger partial charge is 0.0763 e. The van der Waals surface area contributed by atoms with Crippen molar-refractivity contribution in [1.82, 2.24) is 0 Å². The third-order valence-electron chi connectivity index (χ3n) is 1.71. The second-order valence-corrected chi connectivity index (χ2v) is 2.59. The van der Waals surface area contributed by atoms with E-state index in [1.54, 1.807) is 0 Å². The van der Waals surface area contributed by atoms with Crippen molar-refractivity contribution in [3.05, 3.63) is 35.9 Å². The summed E-state index contributed by atoms with van der Waals surface area (Å²) < 4.78 is 0. The van der Waals surface area contributed by atoms with E-state index in [1.807, 2.05) is 30.3 Å². The standard InChI is InChI=1S/C9H10B2/c10-7-6-9(11)8-4-2-1-3-5-8/h1-5,9H,6-7H2. The lowest BCUT2D eigenvalue weighted by Gasteiger charge is -2.09. The molecule has 0 spiro atoms. The molecule has 0 bridgehead atoms. The molecule has 0 aliphatic carbocycles. The Hall–Kier alpha value is -0.650. The molecule has 0 fully saturated rings. The maximum atomic E-state index is 5.83. The molecule has 1 unspecified atom stereocenters. The van der Waals surface area contributed by atoms with E-state index in [4.69, 9.17) is 15.7 Å². The fraction of sp³-hybridized carbons (Fsp3) is 0.333. The number of hydrogen-bond acceptors (Lipinski definition) is 0. The maximum Gasteiger partial charge on any atom is 0.0763 e. The van der Waals surface area contributed by atoms with Gasteiger partial charge in [-0.3, -0.25) is 0 Å². The van der Waals surface area contributed by atoms with Gasteiger partial charge in [0.05, 0.1) is 15.7 Å². The molecule has 0 aliphatic rings. The molecule has 0 N–H and O–H groups in total. The van der Waals surface area contributed by atoms with Gasteiger partial charge in [-0.05, 0) is 0 Å². The van der Waals surface area contributed by atoms with Crippen molar-refractivity contribution in [2.75, 3.05) is 0 Å². The van der Waals surface area contributed by atoms with Gasteiger partial charge in [0.25, 0.3) is 0 Å². The number of benzene rings is 1. The van der Waals surface area contributed by atoms with Gasteiger partial charge in [0.2, 0.25) is 0 Å². The highest BCUT2D eigenvalue weighted by Gasteiger charge is 2.00. The van der Waals surface area contributed by atoms with Crippen LogP contribution in [0.5, 0.6) is 0 Å². The zero-order chi connectivity index (χ0) is 8.10. The largest absolute Gasteiger partial charge is 0.0888 e. The maximum absolute atomic E-state index is 5.83. The molecule has 1 aromatic rings. The minimum atomic E-state index is 0.0983. The van der Waals surface area contributed by atoms with Gasteiger partial charge in [-0.25, -0.2) is 0 Å². The molecule has 0 nitrogen and oxygen atoms in total. The lowest BCUT2D eigenvalue weighted by atomic mass is 9.75. The van der Waals surface area contributed by atoms with Crippen LogP contribution in [0.3, 0.4) is 0 Å².